The van der Waals surface area contributed by atoms with Gasteiger partial charge in [-0.3, -0.25) is 0 Å². The quantitative estimate of drug-likeness (QED) is 0.104. The van der Waals surface area contributed by atoms with E-state index in [2.05, 4.69) is 61.0 Å². The number of benzene rings is 5. The van der Waals surface area contributed by atoms with Crippen molar-refractivity contribution in [2.45, 2.75) is 38.4 Å². The van der Waals surface area contributed by atoms with Crippen molar-refractivity contribution in [2.24, 2.45) is 0 Å². The Bertz CT molecular complexity index is 1930. The summed E-state index contributed by atoms with van der Waals surface area (Å²) in [6.07, 6.45) is 2.06. The Kier molecular flexibility index (Phi) is 9.33. The van der Waals surface area contributed by atoms with Crippen LogP contribution in [-0.4, -0.2) is 25.8 Å². The van der Waals surface area contributed by atoms with Crippen LogP contribution in [0.2, 0.25) is 0 Å². The zero-order chi connectivity index (χ0) is 32.1. The van der Waals surface area contributed by atoms with Crippen LogP contribution in [0.15, 0.2) is 127 Å². The van der Waals surface area contributed by atoms with E-state index < -0.39 is 6.10 Å². The van der Waals surface area contributed by atoms with Crippen molar-refractivity contribution in [2.75, 3.05) is 0 Å². The van der Waals surface area contributed by atoms with E-state index in [1.165, 1.54) is 33.3 Å². The molecule has 46 heavy (non-hydrogen) atoms. The molecule has 0 aliphatic heterocycles. The van der Waals surface area contributed by atoms with Crippen LogP contribution in [0.4, 0.5) is 4.39 Å². The van der Waals surface area contributed by atoms with E-state index in [9.17, 15) is 14.3 Å². The first-order chi connectivity index (χ1) is 22.3. The van der Waals surface area contributed by atoms with Gasteiger partial charge < -0.3 is 0 Å². The van der Waals surface area contributed by atoms with Crippen molar-refractivity contribution < 1.29 is 19.0 Å². The molecule has 0 radical (unpaired) electrons. The molecule has 1 aliphatic carbocycles. The fourth-order valence-corrected chi connectivity index (χ4v) is 6.77. The number of ether oxygens (including phenoxy) is 1. The van der Waals surface area contributed by atoms with E-state index in [4.69, 9.17) is 4.74 Å². The van der Waals surface area contributed by atoms with E-state index in [-0.39, 0.29) is 32.0 Å². The van der Waals surface area contributed by atoms with E-state index in [0.29, 0.717) is 17.7 Å². The van der Waals surface area contributed by atoms with Gasteiger partial charge in [-0.25, -0.2) is 4.39 Å². The summed E-state index contributed by atoms with van der Waals surface area (Å²) in [7, 11) is 0. The number of carbonyl (C=O) groups excluding carboxylic acids is 1. The molecular weight excluding hydrogens is 638 g/mol. The third kappa shape index (κ3) is 7.22. The Hall–Kier alpha value is -4.72. The van der Waals surface area contributed by atoms with Gasteiger partial charge in [-0.1, -0.05) is 12.1 Å². The van der Waals surface area contributed by atoms with Gasteiger partial charge in [0.1, 0.15) is 5.82 Å². The molecule has 228 valence electrons. The molecular formula is C41H33FO3Se. The zero-order valence-electron chi connectivity index (χ0n) is 25.7. The van der Waals surface area contributed by atoms with Crippen molar-refractivity contribution in [3.05, 3.63) is 172 Å². The van der Waals surface area contributed by atoms with Crippen LogP contribution < -0.4 is 9.20 Å². The van der Waals surface area contributed by atoms with Crippen molar-refractivity contribution >= 4 is 30.8 Å². The number of allylic oxidation sites excluding steroid dienone is 1. The molecule has 0 saturated heterocycles. The fourth-order valence-electron chi connectivity index (χ4n) is 5.51. The van der Waals surface area contributed by atoms with Crippen LogP contribution in [0, 0.1) is 16.6 Å². The van der Waals surface area contributed by atoms with Gasteiger partial charge in [0.15, 0.2) is 0 Å². The minimum absolute atomic E-state index is 0.00438. The number of hydrogen-bond donors (Lipinski definition) is 1. The van der Waals surface area contributed by atoms with Crippen molar-refractivity contribution in [1.29, 1.82) is 0 Å². The normalized spacial score (nSPS) is 13.9. The number of aliphatic hydroxyl groups excluding tert-OH is 1. The first-order valence-electron chi connectivity index (χ1n) is 15.1. The second-order valence-corrected chi connectivity index (χ2v) is 13.8. The average molecular weight is 672 g/mol. The summed E-state index contributed by atoms with van der Waals surface area (Å²) in [5.41, 5.74) is 7.73. The van der Waals surface area contributed by atoms with Crippen LogP contribution in [0.1, 0.15) is 70.1 Å². The first kappa shape index (κ1) is 31.3. The van der Waals surface area contributed by atoms with Gasteiger partial charge in [0.05, 0.1) is 0 Å². The Morgan fingerprint density at radius 3 is 2.35 bits per heavy atom. The molecule has 1 N–H and O–H groups in total. The standard InChI is InChI=1S/C41H33FO3Se/c1-41(2)24-22-36(30-14-18-34(19-15-30)45-27-29-10-16-33(42)17-11-29)37-21-20-35(26-38(37)41)46-25-23-28-8-12-32(13-9-28)40(44)39(43)31-6-4-3-5-7-31/h3-22,26,40,44H,24,27H2,1-2H3. The molecule has 0 fully saturated rings. The molecule has 1 atom stereocenters. The molecule has 5 heteroatoms. The Morgan fingerprint density at radius 1 is 0.913 bits per heavy atom. The number of Topliss-reactive ketones (excluding diaryl/α,β-unsaturated/α-hetero) is 1. The van der Waals surface area contributed by atoms with Crippen molar-refractivity contribution in [3.63, 3.8) is 0 Å². The van der Waals surface area contributed by atoms with E-state index in [1.807, 2.05) is 30.3 Å². The summed E-state index contributed by atoms with van der Waals surface area (Å²) in [5.74, 6) is 3.46. The summed E-state index contributed by atoms with van der Waals surface area (Å²) >= 11 is -0.0442. The molecule has 1 aliphatic rings. The summed E-state index contributed by atoms with van der Waals surface area (Å²) in [6.45, 7) is 4.95. The third-order valence-electron chi connectivity index (χ3n) is 8.21. The topological polar surface area (TPSA) is 46.5 Å². The van der Waals surface area contributed by atoms with E-state index in [0.717, 1.165) is 28.9 Å². The monoisotopic (exact) mass is 672 g/mol. The van der Waals surface area contributed by atoms with Gasteiger partial charge in [-0.2, -0.15) is 0 Å². The Morgan fingerprint density at radius 2 is 1.63 bits per heavy atom. The van der Waals surface area contributed by atoms with Gasteiger partial charge >= 0.3 is 242 Å². The number of carbonyl (C=O) groups is 1. The molecule has 0 aromatic heterocycles. The second-order valence-electron chi connectivity index (χ2n) is 11.9. The van der Waals surface area contributed by atoms with Gasteiger partial charge in [-0.15, -0.1) is 0 Å². The zero-order valence-corrected chi connectivity index (χ0v) is 27.4. The average Bonchev–Trinajstić information content (AvgIpc) is 3.09. The van der Waals surface area contributed by atoms with Crippen LogP contribution in [-0.2, 0) is 12.0 Å². The molecule has 0 amide bonds. The van der Waals surface area contributed by atoms with Crippen LogP contribution in [0.5, 0.6) is 5.75 Å². The van der Waals surface area contributed by atoms with E-state index in [1.54, 1.807) is 48.5 Å². The number of fused-ring (bicyclic) bond motifs is 1. The number of hydrogen-bond acceptors (Lipinski definition) is 3. The Labute approximate surface area is 275 Å². The van der Waals surface area contributed by atoms with Crippen LogP contribution >= 0.6 is 0 Å². The second kappa shape index (κ2) is 13.7. The molecule has 6 rings (SSSR count). The molecule has 3 nitrogen and oxygen atoms in total. The maximum absolute atomic E-state index is 13.2. The number of rotatable bonds is 8. The fraction of sp³-hybridized carbons (Fsp3) is 0.146. The van der Waals surface area contributed by atoms with E-state index >= 15 is 0 Å². The van der Waals surface area contributed by atoms with Gasteiger partial charge in [0, 0.05) is 0 Å². The first-order valence-corrected chi connectivity index (χ1v) is 16.9. The summed E-state index contributed by atoms with van der Waals surface area (Å²) in [6, 6.07) is 37.3. The molecule has 5 aromatic rings. The SMILES string of the molecule is CC1(C)CC=C(c2ccc(OCc3ccc(F)cc3)cc2)c2ccc([Se]C#Cc3ccc(C(O)C(=O)c4ccccc4)cc3)cc21. The number of halogens is 1. The maximum atomic E-state index is 13.2. The molecule has 0 bridgehead atoms. The van der Waals surface area contributed by atoms with Crippen molar-refractivity contribution in [1.82, 2.24) is 0 Å². The molecule has 0 heterocycles. The Balaban J connectivity index is 1.12. The third-order valence-corrected chi connectivity index (χ3v) is 9.66. The van der Waals surface area contributed by atoms with Crippen molar-refractivity contribution in [3.8, 4) is 16.5 Å². The number of aliphatic hydroxyl groups is 1. The predicted molar refractivity (Wildman–Crippen MR) is 183 cm³/mol. The predicted octanol–water partition coefficient (Wildman–Crippen LogP) is 7.77. The van der Waals surface area contributed by atoms with Crippen LogP contribution in [0.3, 0.4) is 0 Å². The molecule has 5 aromatic carbocycles. The number of ketones is 1. The van der Waals surface area contributed by atoms with Gasteiger partial charge in [0.2, 0.25) is 0 Å². The minimum atomic E-state index is -1.20. The molecule has 0 spiro atoms. The molecule has 1 unspecified atom stereocenters. The summed E-state index contributed by atoms with van der Waals surface area (Å²) in [5, 5.41) is 10.6. The van der Waals surface area contributed by atoms with Gasteiger partial charge in [-0.05, 0) is 12.1 Å². The molecule has 0 saturated carbocycles. The van der Waals surface area contributed by atoms with Gasteiger partial charge in [0.25, 0.3) is 0 Å². The summed E-state index contributed by atoms with van der Waals surface area (Å²) < 4.78 is 20.3. The van der Waals surface area contributed by atoms with Crippen LogP contribution in [0.25, 0.3) is 5.57 Å². The summed E-state index contributed by atoms with van der Waals surface area (Å²) in [4.78, 5) is 16.0.